The second-order valence-electron chi connectivity index (χ2n) is 10.0. The van der Waals surface area contributed by atoms with E-state index in [1.165, 1.54) is 32.1 Å². The molecule has 4 rings (SSSR count). The standard InChI is InChI=1S/C28H35ClF3N3O/c1-20-17-21(19-22(18-20)28(30,31)32)11-12-33-27(36)26(24-9-5-6-10-25(24)29)35-15-13-34(14-16-35)23-7-3-2-4-8-23/h5-6,9-10,17-19,23,26H,2-4,7-8,11-16H2,1H3,(H,33,36). The molecule has 1 aliphatic carbocycles. The Balaban J connectivity index is 1.42. The number of hydrogen-bond acceptors (Lipinski definition) is 3. The Kier molecular flexibility index (Phi) is 8.96. The van der Waals surface area contributed by atoms with Crippen LogP contribution in [0.1, 0.15) is 60.4 Å². The molecule has 2 fully saturated rings. The van der Waals surface area contributed by atoms with E-state index >= 15 is 0 Å². The van der Waals surface area contributed by atoms with Crippen molar-refractivity contribution in [2.24, 2.45) is 0 Å². The summed E-state index contributed by atoms with van der Waals surface area (Å²) in [4.78, 5) is 18.2. The molecular formula is C28H35ClF3N3O. The molecule has 1 amide bonds. The Hall–Kier alpha value is -2.09. The molecule has 1 aliphatic heterocycles. The number of carbonyl (C=O) groups is 1. The lowest BCUT2D eigenvalue weighted by atomic mass is 9.93. The van der Waals surface area contributed by atoms with Gasteiger partial charge in [0.2, 0.25) is 5.91 Å². The first kappa shape index (κ1) is 27.0. The fraction of sp³-hybridized carbons (Fsp3) is 0.536. The number of alkyl halides is 3. The molecule has 1 saturated heterocycles. The number of hydrogen-bond donors (Lipinski definition) is 1. The lowest BCUT2D eigenvalue weighted by Crippen LogP contribution is -2.53. The van der Waals surface area contributed by atoms with Crippen molar-refractivity contribution in [3.8, 4) is 0 Å². The van der Waals surface area contributed by atoms with Crippen LogP contribution in [-0.2, 0) is 17.4 Å². The van der Waals surface area contributed by atoms with Gasteiger partial charge >= 0.3 is 6.18 Å². The molecule has 8 heteroatoms. The van der Waals surface area contributed by atoms with E-state index in [1.54, 1.807) is 19.1 Å². The van der Waals surface area contributed by atoms with Gasteiger partial charge in [0.25, 0.3) is 0 Å². The summed E-state index contributed by atoms with van der Waals surface area (Å²) in [6.07, 6.45) is 2.35. The molecule has 1 saturated carbocycles. The van der Waals surface area contributed by atoms with Crippen LogP contribution in [0.4, 0.5) is 13.2 Å². The molecule has 2 aromatic rings. The minimum absolute atomic E-state index is 0.169. The zero-order valence-corrected chi connectivity index (χ0v) is 21.5. The molecule has 36 heavy (non-hydrogen) atoms. The van der Waals surface area contributed by atoms with Crippen LogP contribution in [0.3, 0.4) is 0 Å². The highest BCUT2D eigenvalue weighted by Crippen LogP contribution is 2.32. The average Bonchev–Trinajstić information content (AvgIpc) is 2.85. The van der Waals surface area contributed by atoms with Crippen LogP contribution >= 0.6 is 11.6 Å². The molecule has 1 N–H and O–H groups in total. The number of amides is 1. The van der Waals surface area contributed by atoms with Crippen molar-refractivity contribution in [3.63, 3.8) is 0 Å². The van der Waals surface area contributed by atoms with E-state index in [2.05, 4.69) is 15.1 Å². The maximum atomic E-state index is 13.5. The summed E-state index contributed by atoms with van der Waals surface area (Å²) in [6.45, 7) is 5.28. The number of piperazine rings is 1. The van der Waals surface area contributed by atoms with E-state index in [4.69, 9.17) is 11.6 Å². The Bertz CT molecular complexity index is 1030. The third-order valence-electron chi connectivity index (χ3n) is 7.43. The van der Waals surface area contributed by atoms with Crippen molar-refractivity contribution in [1.82, 2.24) is 15.1 Å². The van der Waals surface area contributed by atoms with Gasteiger partial charge in [0, 0.05) is 43.8 Å². The smallest absolute Gasteiger partial charge is 0.354 e. The second kappa shape index (κ2) is 12.0. The van der Waals surface area contributed by atoms with Gasteiger partial charge in [0.05, 0.1) is 5.56 Å². The zero-order valence-electron chi connectivity index (χ0n) is 20.8. The first-order valence-corrected chi connectivity index (χ1v) is 13.3. The Morgan fingerprint density at radius 2 is 1.75 bits per heavy atom. The Morgan fingerprint density at radius 3 is 2.42 bits per heavy atom. The third-order valence-corrected chi connectivity index (χ3v) is 7.77. The molecular weight excluding hydrogens is 487 g/mol. The highest BCUT2D eigenvalue weighted by molar-refractivity contribution is 6.31. The van der Waals surface area contributed by atoms with Crippen molar-refractivity contribution in [1.29, 1.82) is 0 Å². The minimum Gasteiger partial charge on any atom is -0.354 e. The summed E-state index contributed by atoms with van der Waals surface area (Å²) in [7, 11) is 0. The number of carbonyl (C=O) groups excluding carboxylic acids is 1. The predicted octanol–water partition coefficient (Wildman–Crippen LogP) is 6.02. The number of aryl methyl sites for hydroxylation is 1. The SMILES string of the molecule is Cc1cc(CCNC(=O)C(c2ccccc2Cl)N2CCN(C3CCCCC3)CC2)cc(C(F)(F)F)c1. The van der Waals surface area contributed by atoms with Crippen LogP contribution in [0.15, 0.2) is 42.5 Å². The topological polar surface area (TPSA) is 35.6 Å². The largest absolute Gasteiger partial charge is 0.416 e. The van der Waals surface area contributed by atoms with Crippen molar-refractivity contribution < 1.29 is 18.0 Å². The van der Waals surface area contributed by atoms with Crippen molar-refractivity contribution >= 4 is 17.5 Å². The molecule has 0 aromatic heterocycles. The second-order valence-corrected chi connectivity index (χ2v) is 10.4. The molecule has 0 spiro atoms. The fourth-order valence-electron chi connectivity index (χ4n) is 5.60. The maximum Gasteiger partial charge on any atom is 0.416 e. The molecule has 2 aromatic carbocycles. The first-order valence-electron chi connectivity index (χ1n) is 12.9. The lowest BCUT2D eigenvalue weighted by molar-refractivity contribution is -0.137. The van der Waals surface area contributed by atoms with Crippen molar-refractivity contribution in [2.45, 2.75) is 63.7 Å². The molecule has 1 heterocycles. The summed E-state index contributed by atoms with van der Waals surface area (Å²) < 4.78 is 39.6. The van der Waals surface area contributed by atoms with Crippen LogP contribution in [0.25, 0.3) is 0 Å². The molecule has 0 bridgehead atoms. The number of benzene rings is 2. The van der Waals surface area contributed by atoms with E-state index in [-0.39, 0.29) is 12.5 Å². The quantitative estimate of drug-likeness (QED) is 0.484. The van der Waals surface area contributed by atoms with Gasteiger partial charge in [-0.25, -0.2) is 0 Å². The Morgan fingerprint density at radius 1 is 1.06 bits per heavy atom. The minimum atomic E-state index is -4.39. The first-order chi connectivity index (χ1) is 17.2. The van der Waals surface area contributed by atoms with Crippen LogP contribution in [0.5, 0.6) is 0 Å². The number of rotatable bonds is 7. The van der Waals surface area contributed by atoms with E-state index in [0.717, 1.165) is 43.9 Å². The molecule has 0 radical (unpaired) electrons. The normalized spacial score (nSPS) is 19.2. The van der Waals surface area contributed by atoms with Crippen molar-refractivity contribution in [3.05, 3.63) is 69.7 Å². The van der Waals surface area contributed by atoms with Crippen LogP contribution in [0.2, 0.25) is 5.02 Å². The molecule has 4 nitrogen and oxygen atoms in total. The maximum absolute atomic E-state index is 13.5. The number of nitrogens with zero attached hydrogens (tertiary/aromatic N) is 2. The third kappa shape index (κ3) is 6.81. The lowest BCUT2D eigenvalue weighted by Gasteiger charge is -2.43. The van der Waals surface area contributed by atoms with E-state index < -0.39 is 17.8 Å². The van der Waals surface area contributed by atoms with E-state index in [0.29, 0.717) is 28.6 Å². The van der Waals surface area contributed by atoms with Crippen LogP contribution < -0.4 is 5.32 Å². The van der Waals surface area contributed by atoms with Gasteiger partial charge in [-0.2, -0.15) is 13.2 Å². The van der Waals surface area contributed by atoms with Crippen molar-refractivity contribution in [2.75, 3.05) is 32.7 Å². The fourth-order valence-corrected chi connectivity index (χ4v) is 5.84. The Labute approximate surface area is 216 Å². The summed E-state index contributed by atoms with van der Waals surface area (Å²) in [5.74, 6) is -0.169. The average molecular weight is 522 g/mol. The zero-order chi connectivity index (χ0) is 25.7. The van der Waals surface area contributed by atoms with Crippen LogP contribution in [-0.4, -0.2) is 54.5 Å². The summed E-state index contributed by atoms with van der Waals surface area (Å²) in [6, 6.07) is 11.6. The van der Waals surface area contributed by atoms with Gasteiger partial charge in [-0.3, -0.25) is 14.6 Å². The summed E-state index contributed by atoms with van der Waals surface area (Å²) in [5.41, 5.74) is 1.21. The summed E-state index contributed by atoms with van der Waals surface area (Å²) >= 11 is 6.52. The highest BCUT2D eigenvalue weighted by Gasteiger charge is 2.34. The molecule has 1 unspecified atom stereocenters. The molecule has 196 valence electrons. The van der Waals surface area contributed by atoms with Gasteiger partial charge in [0.15, 0.2) is 0 Å². The van der Waals surface area contributed by atoms with Gasteiger partial charge in [-0.1, -0.05) is 60.7 Å². The number of halogens is 4. The van der Waals surface area contributed by atoms with Gasteiger partial charge in [-0.15, -0.1) is 0 Å². The monoisotopic (exact) mass is 521 g/mol. The number of nitrogens with one attached hydrogen (secondary N) is 1. The molecule has 2 aliphatic rings. The summed E-state index contributed by atoms with van der Waals surface area (Å²) in [5, 5.41) is 3.51. The van der Waals surface area contributed by atoms with E-state index in [1.807, 2.05) is 18.2 Å². The van der Waals surface area contributed by atoms with Gasteiger partial charge in [0.1, 0.15) is 6.04 Å². The van der Waals surface area contributed by atoms with Gasteiger partial charge < -0.3 is 5.32 Å². The predicted molar refractivity (Wildman–Crippen MR) is 137 cm³/mol. The van der Waals surface area contributed by atoms with Gasteiger partial charge in [-0.05, 0) is 55.5 Å². The van der Waals surface area contributed by atoms with Crippen LogP contribution in [0, 0.1) is 6.92 Å². The highest BCUT2D eigenvalue weighted by atomic mass is 35.5. The molecule has 1 atom stereocenters. The van der Waals surface area contributed by atoms with E-state index in [9.17, 15) is 18.0 Å².